The normalized spacial score (nSPS) is 10.8. The van der Waals surface area contributed by atoms with E-state index in [4.69, 9.17) is 5.26 Å². The van der Waals surface area contributed by atoms with Crippen molar-refractivity contribution in [1.82, 2.24) is 10.3 Å². The highest BCUT2D eigenvalue weighted by molar-refractivity contribution is 7.92. The van der Waals surface area contributed by atoms with Crippen LogP contribution in [0.1, 0.15) is 27.0 Å². The molecule has 32 heavy (non-hydrogen) atoms. The monoisotopic (exact) mass is 449 g/mol. The zero-order valence-corrected chi connectivity index (χ0v) is 18.5. The predicted molar refractivity (Wildman–Crippen MR) is 123 cm³/mol. The summed E-state index contributed by atoms with van der Waals surface area (Å²) in [6, 6.07) is 16.8. The second-order valence-electron chi connectivity index (χ2n) is 7.15. The Morgan fingerprint density at radius 2 is 1.81 bits per heavy atom. The number of anilines is 2. The number of hydrogen-bond acceptors (Lipinski definition) is 6. The molecule has 0 fully saturated rings. The van der Waals surface area contributed by atoms with E-state index in [1.165, 1.54) is 0 Å². The number of nitrogens with zero attached hydrogens (tertiary/aromatic N) is 2. The van der Waals surface area contributed by atoms with Crippen molar-refractivity contribution in [2.75, 3.05) is 23.1 Å². The maximum absolute atomic E-state index is 12.7. The average Bonchev–Trinajstić information content (AvgIpc) is 2.78. The minimum Gasteiger partial charge on any atom is -0.367 e. The van der Waals surface area contributed by atoms with Crippen molar-refractivity contribution in [3.8, 4) is 6.07 Å². The van der Waals surface area contributed by atoms with Gasteiger partial charge in [0.2, 0.25) is 0 Å². The summed E-state index contributed by atoms with van der Waals surface area (Å²) in [5, 5.41) is 14.8. The number of hydrogen-bond donors (Lipinski definition) is 3. The summed E-state index contributed by atoms with van der Waals surface area (Å²) in [6.45, 7) is 4.29. The molecule has 0 atom stereocenters. The standard InChI is InChI=1S/C23H23N5O3S/c1-16-5-6-17(2)21(14-16)32(30,31)28-20-9-7-18(8-10-20)23(29)27-13-12-26-22-19(15-24)4-3-11-25-22/h3-11,14,28H,12-13H2,1-2H3,(H,25,26)(H,27,29). The van der Waals surface area contributed by atoms with E-state index in [1.54, 1.807) is 61.7 Å². The van der Waals surface area contributed by atoms with Gasteiger partial charge in [-0.05, 0) is 67.4 Å². The first-order valence-electron chi connectivity index (χ1n) is 9.87. The van der Waals surface area contributed by atoms with Gasteiger partial charge in [-0.1, -0.05) is 12.1 Å². The highest BCUT2D eigenvalue weighted by atomic mass is 32.2. The average molecular weight is 450 g/mol. The molecule has 1 amide bonds. The third-order valence-corrected chi connectivity index (χ3v) is 6.19. The lowest BCUT2D eigenvalue weighted by Crippen LogP contribution is -2.29. The van der Waals surface area contributed by atoms with E-state index >= 15 is 0 Å². The maximum atomic E-state index is 12.7. The van der Waals surface area contributed by atoms with Gasteiger partial charge in [-0.2, -0.15) is 5.26 Å². The van der Waals surface area contributed by atoms with Gasteiger partial charge in [0.05, 0.1) is 10.5 Å². The fourth-order valence-corrected chi connectivity index (χ4v) is 4.38. The molecule has 9 heteroatoms. The van der Waals surface area contributed by atoms with Crippen LogP contribution in [0.25, 0.3) is 0 Å². The Balaban J connectivity index is 1.56. The number of sulfonamides is 1. The number of pyridine rings is 1. The van der Waals surface area contributed by atoms with Crippen molar-refractivity contribution in [2.24, 2.45) is 0 Å². The van der Waals surface area contributed by atoms with Crippen LogP contribution in [0, 0.1) is 25.2 Å². The second-order valence-corrected chi connectivity index (χ2v) is 8.80. The van der Waals surface area contributed by atoms with Crippen molar-refractivity contribution >= 4 is 27.4 Å². The Labute approximate surface area is 187 Å². The van der Waals surface area contributed by atoms with Crippen LogP contribution in [0.2, 0.25) is 0 Å². The van der Waals surface area contributed by atoms with E-state index in [9.17, 15) is 13.2 Å². The zero-order valence-electron chi connectivity index (χ0n) is 17.7. The highest BCUT2D eigenvalue weighted by Gasteiger charge is 2.17. The summed E-state index contributed by atoms with van der Waals surface area (Å²) in [5.41, 5.74) is 2.70. The van der Waals surface area contributed by atoms with E-state index in [0.29, 0.717) is 41.3 Å². The number of aryl methyl sites for hydroxylation is 2. The van der Waals surface area contributed by atoms with Crippen molar-refractivity contribution in [2.45, 2.75) is 18.7 Å². The molecule has 0 bridgehead atoms. The van der Waals surface area contributed by atoms with Crippen LogP contribution in [0.4, 0.5) is 11.5 Å². The van der Waals surface area contributed by atoms with Crippen molar-refractivity contribution in [3.05, 3.63) is 83.0 Å². The van der Waals surface area contributed by atoms with E-state index in [2.05, 4.69) is 20.3 Å². The zero-order chi connectivity index (χ0) is 23.1. The van der Waals surface area contributed by atoms with Crippen LogP contribution in [0.15, 0.2) is 65.7 Å². The fraction of sp³-hybridized carbons (Fsp3) is 0.174. The van der Waals surface area contributed by atoms with E-state index < -0.39 is 10.0 Å². The Morgan fingerprint density at radius 1 is 1.06 bits per heavy atom. The van der Waals surface area contributed by atoms with E-state index in [-0.39, 0.29) is 10.8 Å². The Bertz CT molecular complexity index is 1270. The molecule has 0 spiro atoms. The molecule has 0 radical (unpaired) electrons. The number of nitriles is 1. The van der Waals surface area contributed by atoms with E-state index in [1.807, 2.05) is 19.1 Å². The van der Waals surface area contributed by atoms with Crippen LogP contribution in [-0.4, -0.2) is 32.4 Å². The van der Waals surface area contributed by atoms with Gasteiger partial charge >= 0.3 is 0 Å². The Hall–Kier alpha value is -3.90. The third kappa shape index (κ3) is 5.62. The van der Waals surface area contributed by atoms with Gasteiger partial charge in [0.1, 0.15) is 11.9 Å². The van der Waals surface area contributed by atoms with Gasteiger partial charge in [-0.15, -0.1) is 0 Å². The van der Waals surface area contributed by atoms with Gasteiger partial charge in [-0.3, -0.25) is 9.52 Å². The third-order valence-electron chi connectivity index (χ3n) is 4.66. The molecule has 0 saturated carbocycles. The lowest BCUT2D eigenvalue weighted by atomic mass is 10.2. The molecule has 3 N–H and O–H groups in total. The molecule has 2 aromatic carbocycles. The molecule has 3 rings (SSSR count). The quantitative estimate of drug-likeness (QED) is 0.454. The van der Waals surface area contributed by atoms with Crippen LogP contribution in [0.5, 0.6) is 0 Å². The minimum absolute atomic E-state index is 0.222. The topological polar surface area (TPSA) is 124 Å². The molecule has 0 saturated heterocycles. The fourth-order valence-electron chi connectivity index (χ4n) is 2.99. The summed E-state index contributed by atoms with van der Waals surface area (Å²) < 4.78 is 28.0. The number of benzene rings is 2. The van der Waals surface area contributed by atoms with Gasteiger partial charge < -0.3 is 10.6 Å². The van der Waals surface area contributed by atoms with Gasteiger partial charge in [0.15, 0.2) is 0 Å². The summed E-state index contributed by atoms with van der Waals surface area (Å²) in [7, 11) is -3.74. The van der Waals surface area contributed by atoms with Crippen LogP contribution < -0.4 is 15.4 Å². The molecule has 1 aromatic heterocycles. The smallest absolute Gasteiger partial charge is 0.262 e. The SMILES string of the molecule is Cc1ccc(C)c(S(=O)(=O)Nc2ccc(C(=O)NCCNc3ncccc3C#N)cc2)c1. The number of nitrogens with one attached hydrogen (secondary N) is 3. The molecule has 164 valence electrons. The van der Waals surface area contributed by atoms with Crippen molar-refractivity contribution < 1.29 is 13.2 Å². The predicted octanol–water partition coefficient (Wildman–Crippen LogP) is 3.21. The number of aromatic nitrogens is 1. The molecule has 0 aliphatic carbocycles. The van der Waals surface area contributed by atoms with Gasteiger partial charge in [0, 0.05) is 30.5 Å². The largest absolute Gasteiger partial charge is 0.367 e. The first kappa shape index (κ1) is 22.8. The molecule has 0 aliphatic rings. The number of amides is 1. The highest BCUT2D eigenvalue weighted by Crippen LogP contribution is 2.21. The number of rotatable bonds is 8. The van der Waals surface area contributed by atoms with Crippen LogP contribution in [-0.2, 0) is 10.0 Å². The Kier molecular flexibility index (Phi) is 7.07. The minimum atomic E-state index is -3.74. The van der Waals surface area contributed by atoms with Gasteiger partial charge in [-0.25, -0.2) is 13.4 Å². The molecule has 8 nitrogen and oxygen atoms in total. The van der Waals surface area contributed by atoms with Crippen molar-refractivity contribution in [1.29, 1.82) is 5.26 Å². The van der Waals surface area contributed by atoms with Crippen LogP contribution >= 0.6 is 0 Å². The summed E-state index contributed by atoms with van der Waals surface area (Å²) >= 11 is 0. The number of carbonyl (C=O) groups excluding carboxylic acids is 1. The molecule has 3 aromatic rings. The number of carbonyl (C=O) groups is 1. The van der Waals surface area contributed by atoms with E-state index in [0.717, 1.165) is 5.56 Å². The summed E-state index contributed by atoms with van der Waals surface area (Å²) in [4.78, 5) is 16.6. The first-order chi connectivity index (χ1) is 15.3. The molecule has 0 unspecified atom stereocenters. The molecular weight excluding hydrogens is 426 g/mol. The summed E-state index contributed by atoms with van der Waals surface area (Å²) in [6.07, 6.45) is 1.58. The Morgan fingerprint density at radius 3 is 2.53 bits per heavy atom. The van der Waals surface area contributed by atoms with Crippen LogP contribution in [0.3, 0.4) is 0 Å². The van der Waals surface area contributed by atoms with Crippen molar-refractivity contribution in [3.63, 3.8) is 0 Å². The lowest BCUT2D eigenvalue weighted by molar-refractivity contribution is 0.0955. The molecular formula is C23H23N5O3S. The lowest BCUT2D eigenvalue weighted by Gasteiger charge is -2.12. The maximum Gasteiger partial charge on any atom is 0.262 e. The first-order valence-corrected chi connectivity index (χ1v) is 11.4. The molecule has 0 aliphatic heterocycles. The molecule has 1 heterocycles. The second kappa shape index (κ2) is 9.94. The summed E-state index contributed by atoms with van der Waals surface area (Å²) in [5.74, 6) is 0.169. The van der Waals surface area contributed by atoms with Gasteiger partial charge in [0.25, 0.3) is 15.9 Å².